The maximum absolute atomic E-state index is 5.86. The molecule has 6 rings (SSSR count). The normalized spacial score (nSPS) is 16.9. The van der Waals surface area contributed by atoms with Crippen molar-refractivity contribution < 1.29 is 14.0 Å². The third kappa shape index (κ3) is 3.89. The van der Waals surface area contributed by atoms with Crippen molar-refractivity contribution in [3.63, 3.8) is 0 Å². The van der Waals surface area contributed by atoms with Gasteiger partial charge in [0.2, 0.25) is 12.6 Å². The van der Waals surface area contributed by atoms with Gasteiger partial charge in [0.05, 0.1) is 17.3 Å². The lowest BCUT2D eigenvalue weighted by molar-refractivity contribution is 0.174. The predicted octanol–water partition coefficient (Wildman–Crippen LogP) is 5.89. The van der Waals surface area contributed by atoms with Gasteiger partial charge in [0.1, 0.15) is 0 Å². The second-order valence-corrected chi connectivity index (χ2v) is 9.03. The Balaban J connectivity index is 1.46. The van der Waals surface area contributed by atoms with Crippen LogP contribution in [0.15, 0.2) is 83.0 Å². The van der Waals surface area contributed by atoms with Crippen LogP contribution >= 0.6 is 12.2 Å². The molecule has 4 aromatic rings. The Bertz CT molecular complexity index is 1460. The maximum Gasteiger partial charge on any atom is 0.258 e. The number of ether oxygens (including phenoxy) is 2. The van der Waals surface area contributed by atoms with E-state index in [2.05, 4.69) is 41.7 Å². The molecule has 36 heavy (non-hydrogen) atoms. The molecule has 0 bridgehead atoms. The van der Waals surface area contributed by atoms with Gasteiger partial charge >= 0.3 is 0 Å². The van der Waals surface area contributed by atoms with Crippen LogP contribution in [0.1, 0.15) is 36.9 Å². The van der Waals surface area contributed by atoms with Gasteiger partial charge in [0, 0.05) is 17.3 Å². The van der Waals surface area contributed by atoms with Crippen LogP contribution in [0.3, 0.4) is 0 Å². The van der Waals surface area contributed by atoms with E-state index in [0.29, 0.717) is 28.3 Å². The highest BCUT2D eigenvalue weighted by molar-refractivity contribution is 7.80. The van der Waals surface area contributed by atoms with E-state index in [-0.39, 0.29) is 12.8 Å². The van der Waals surface area contributed by atoms with Gasteiger partial charge in [-0.05, 0) is 48.8 Å². The first-order valence-corrected chi connectivity index (χ1v) is 12.2. The minimum Gasteiger partial charge on any atom is -0.454 e. The van der Waals surface area contributed by atoms with E-state index in [4.69, 9.17) is 31.2 Å². The molecule has 0 aliphatic carbocycles. The number of thiocarbonyl (C=S) groups is 1. The lowest BCUT2D eigenvalue weighted by Gasteiger charge is -2.37. The monoisotopic (exact) mass is 496 g/mol. The zero-order chi connectivity index (χ0) is 24.6. The lowest BCUT2D eigenvalue weighted by Crippen LogP contribution is -2.46. The van der Waals surface area contributed by atoms with Gasteiger partial charge in [0.15, 0.2) is 16.6 Å². The molecule has 180 valence electrons. The van der Waals surface area contributed by atoms with Crippen molar-refractivity contribution in [2.24, 2.45) is 0 Å². The maximum atomic E-state index is 5.86. The molecular formula is C28H24N4O3S. The fourth-order valence-electron chi connectivity index (χ4n) is 4.59. The molecule has 1 N–H and O–H groups in total. The molecule has 2 aliphatic rings. The van der Waals surface area contributed by atoms with E-state index in [0.717, 1.165) is 34.5 Å². The standard InChI is InChI=1S/C28H24N4O3S/c1-3-18-9-11-20(12-10-18)26-30-27(35-31-26)24-17(2)32(21-13-14-22-23(15-21)34-16-33-22)28(36)29-25(24)19-7-5-4-6-8-19/h4-15,25H,3,16H2,1-2H3,(H,29,36). The number of anilines is 1. The van der Waals surface area contributed by atoms with Crippen molar-refractivity contribution in [1.82, 2.24) is 15.5 Å². The van der Waals surface area contributed by atoms with Crippen molar-refractivity contribution in [2.75, 3.05) is 11.7 Å². The molecule has 1 atom stereocenters. The number of allylic oxidation sites excluding steroid dienone is 1. The van der Waals surface area contributed by atoms with Crippen molar-refractivity contribution in [3.05, 3.63) is 95.5 Å². The molecule has 3 heterocycles. The topological polar surface area (TPSA) is 72.7 Å². The Morgan fingerprint density at radius 2 is 1.78 bits per heavy atom. The highest BCUT2D eigenvalue weighted by atomic mass is 32.1. The van der Waals surface area contributed by atoms with Crippen molar-refractivity contribution in [3.8, 4) is 22.9 Å². The average molecular weight is 497 g/mol. The summed E-state index contributed by atoms with van der Waals surface area (Å²) in [6.07, 6.45) is 0.976. The van der Waals surface area contributed by atoms with E-state index in [1.807, 2.05) is 60.4 Å². The number of aromatic nitrogens is 2. The van der Waals surface area contributed by atoms with E-state index in [1.165, 1.54) is 5.56 Å². The third-order valence-electron chi connectivity index (χ3n) is 6.51. The lowest BCUT2D eigenvalue weighted by atomic mass is 9.94. The Morgan fingerprint density at radius 1 is 1.00 bits per heavy atom. The molecule has 8 heteroatoms. The first-order valence-electron chi connectivity index (χ1n) is 11.8. The smallest absolute Gasteiger partial charge is 0.258 e. The van der Waals surface area contributed by atoms with E-state index < -0.39 is 0 Å². The third-order valence-corrected chi connectivity index (χ3v) is 6.81. The second-order valence-electron chi connectivity index (χ2n) is 8.64. The summed E-state index contributed by atoms with van der Waals surface area (Å²) in [7, 11) is 0. The molecule has 7 nitrogen and oxygen atoms in total. The molecule has 0 amide bonds. The Hall–Kier alpha value is -4.17. The van der Waals surface area contributed by atoms with Gasteiger partial charge in [0.25, 0.3) is 5.89 Å². The molecule has 0 saturated carbocycles. The Morgan fingerprint density at radius 3 is 2.56 bits per heavy atom. The van der Waals surface area contributed by atoms with Crippen LogP contribution in [-0.2, 0) is 6.42 Å². The Labute approximate surface area is 214 Å². The van der Waals surface area contributed by atoms with Crippen LogP contribution in [0.25, 0.3) is 17.0 Å². The number of nitrogens with zero attached hydrogens (tertiary/aromatic N) is 3. The van der Waals surface area contributed by atoms with Crippen LogP contribution in [0, 0.1) is 0 Å². The summed E-state index contributed by atoms with van der Waals surface area (Å²) in [6, 6.07) is 23.9. The van der Waals surface area contributed by atoms with E-state index >= 15 is 0 Å². The first-order chi connectivity index (χ1) is 17.6. The molecule has 0 radical (unpaired) electrons. The number of nitrogens with one attached hydrogen (secondary N) is 1. The number of hydrogen-bond acceptors (Lipinski definition) is 6. The van der Waals surface area contributed by atoms with Gasteiger partial charge in [-0.15, -0.1) is 0 Å². The number of rotatable bonds is 5. The van der Waals surface area contributed by atoms with Crippen LogP contribution in [0.2, 0.25) is 0 Å². The fourth-order valence-corrected chi connectivity index (χ4v) is 4.95. The number of fused-ring (bicyclic) bond motifs is 1. The molecule has 1 aromatic heterocycles. The molecule has 0 fully saturated rings. The number of benzene rings is 3. The summed E-state index contributed by atoms with van der Waals surface area (Å²) in [5.41, 5.74) is 5.82. The highest BCUT2D eigenvalue weighted by Crippen LogP contribution is 2.42. The highest BCUT2D eigenvalue weighted by Gasteiger charge is 2.35. The van der Waals surface area contributed by atoms with Crippen molar-refractivity contribution in [1.29, 1.82) is 0 Å². The van der Waals surface area contributed by atoms with Gasteiger partial charge < -0.3 is 19.3 Å². The Kier molecular flexibility index (Phi) is 5.65. The quantitative estimate of drug-likeness (QED) is 0.343. The fraction of sp³-hybridized carbons (Fsp3) is 0.179. The number of aryl methyl sites for hydroxylation is 1. The van der Waals surface area contributed by atoms with E-state index in [1.54, 1.807) is 0 Å². The van der Waals surface area contributed by atoms with Gasteiger partial charge in [-0.1, -0.05) is 66.7 Å². The second kappa shape index (κ2) is 9.13. The summed E-state index contributed by atoms with van der Waals surface area (Å²) < 4.78 is 16.9. The van der Waals surface area contributed by atoms with Crippen molar-refractivity contribution >= 4 is 28.6 Å². The summed E-state index contributed by atoms with van der Waals surface area (Å²) in [5, 5.41) is 8.37. The predicted molar refractivity (Wildman–Crippen MR) is 142 cm³/mol. The van der Waals surface area contributed by atoms with Gasteiger partial charge in [-0.25, -0.2) is 0 Å². The minimum absolute atomic E-state index is 0.210. The van der Waals surface area contributed by atoms with Crippen LogP contribution < -0.4 is 19.7 Å². The molecule has 2 aliphatic heterocycles. The van der Waals surface area contributed by atoms with Crippen LogP contribution in [-0.4, -0.2) is 22.0 Å². The molecule has 0 saturated heterocycles. The zero-order valence-electron chi connectivity index (χ0n) is 19.9. The zero-order valence-corrected chi connectivity index (χ0v) is 20.7. The van der Waals surface area contributed by atoms with Crippen LogP contribution in [0.4, 0.5) is 5.69 Å². The summed E-state index contributed by atoms with van der Waals surface area (Å²) in [6.45, 7) is 4.36. The molecule has 0 spiro atoms. The molecular weight excluding hydrogens is 472 g/mol. The average Bonchev–Trinajstić information content (AvgIpc) is 3.59. The van der Waals surface area contributed by atoms with Crippen molar-refractivity contribution in [2.45, 2.75) is 26.3 Å². The minimum atomic E-state index is -0.250. The SMILES string of the molecule is CCc1ccc(-c2noc(C3=C(C)N(c4ccc5c(c4)OCO5)C(=S)NC3c3ccccc3)n2)cc1. The van der Waals surface area contributed by atoms with Gasteiger partial charge in [-0.3, -0.25) is 4.90 Å². The summed E-state index contributed by atoms with van der Waals surface area (Å²) >= 11 is 5.84. The largest absolute Gasteiger partial charge is 0.454 e. The van der Waals surface area contributed by atoms with Gasteiger partial charge in [-0.2, -0.15) is 4.98 Å². The summed E-state index contributed by atoms with van der Waals surface area (Å²) in [4.78, 5) is 6.77. The first kappa shape index (κ1) is 22.3. The summed E-state index contributed by atoms with van der Waals surface area (Å²) in [5.74, 6) is 2.39. The van der Waals surface area contributed by atoms with Crippen LogP contribution in [0.5, 0.6) is 11.5 Å². The molecule has 3 aromatic carbocycles. The molecule has 1 unspecified atom stereocenters. The van der Waals surface area contributed by atoms with E-state index in [9.17, 15) is 0 Å². The number of hydrogen-bond donors (Lipinski definition) is 1.